The zero-order chi connectivity index (χ0) is 57.8. The molecular formula is C69H103NO11. The van der Waals surface area contributed by atoms with E-state index in [0.29, 0.717) is 12.0 Å². The number of esters is 3. The SMILES string of the molecule is CCCCCCCC/C=C\CCCCCCCCCCCCCC(=O)N[C@@H](CO[C@@H]1O[C@H](CO)[C@@H](O)[C@H](OC(=O)c2ccccc2)[C@H]1OC(=O)c1ccccc1)[C@@H](/C=C/CCCCCCCCCCCCC)OC(=O)c1ccccc1. The zero-order valence-corrected chi connectivity index (χ0v) is 49.6. The minimum Gasteiger partial charge on any atom is -0.452 e. The van der Waals surface area contributed by atoms with E-state index in [2.05, 4.69) is 31.3 Å². The third-order valence-electron chi connectivity index (χ3n) is 15.2. The Bertz CT molecular complexity index is 2130. The summed E-state index contributed by atoms with van der Waals surface area (Å²) in [5, 5.41) is 25.2. The smallest absolute Gasteiger partial charge is 0.338 e. The van der Waals surface area contributed by atoms with E-state index in [4.69, 9.17) is 23.7 Å². The highest BCUT2D eigenvalue weighted by atomic mass is 16.7. The number of hydrogen-bond donors (Lipinski definition) is 3. The van der Waals surface area contributed by atoms with Crippen molar-refractivity contribution in [3.05, 3.63) is 132 Å². The van der Waals surface area contributed by atoms with Crippen LogP contribution in [0.5, 0.6) is 0 Å². The van der Waals surface area contributed by atoms with Crippen molar-refractivity contribution >= 4 is 23.8 Å². The van der Waals surface area contributed by atoms with Crippen molar-refractivity contribution in [1.29, 1.82) is 0 Å². The minimum absolute atomic E-state index is 0.182. The Hall–Kier alpha value is -5.14. The van der Waals surface area contributed by atoms with Crippen LogP contribution in [-0.2, 0) is 28.5 Å². The van der Waals surface area contributed by atoms with Crippen LogP contribution in [0, 0.1) is 0 Å². The van der Waals surface area contributed by atoms with Gasteiger partial charge in [-0.15, -0.1) is 0 Å². The molecule has 0 saturated carbocycles. The highest BCUT2D eigenvalue weighted by molar-refractivity contribution is 5.91. The van der Waals surface area contributed by atoms with Crippen LogP contribution in [0.4, 0.5) is 0 Å². The molecule has 81 heavy (non-hydrogen) atoms. The van der Waals surface area contributed by atoms with Crippen LogP contribution >= 0.6 is 0 Å². The van der Waals surface area contributed by atoms with E-state index in [0.717, 1.165) is 44.9 Å². The van der Waals surface area contributed by atoms with E-state index < -0.39 is 67.4 Å². The van der Waals surface area contributed by atoms with Gasteiger partial charge < -0.3 is 39.2 Å². The molecule has 1 aliphatic heterocycles. The molecule has 0 bridgehead atoms. The van der Waals surface area contributed by atoms with Gasteiger partial charge in [0, 0.05) is 6.42 Å². The van der Waals surface area contributed by atoms with Crippen LogP contribution < -0.4 is 5.32 Å². The molecular weight excluding hydrogens is 1020 g/mol. The van der Waals surface area contributed by atoms with E-state index in [1.807, 2.05) is 12.1 Å². The Morgan fingerprint density at radius 2 is 0.889 bits per heavy atom. The first kappa shape index (κ1) is 68.4. The lowest BCUT2D eigenvalue weighted by molar-refractivity contribution is -0.300. The molecule has 1 saturated heterocycles. The molecule has 3 aromatic rings. The van der Waals surface area contributed by atoms with Crippen molar-refractivity contribution in [1.82, 2.24) is 5.32 Å². The molecule has 0 aromatic heterocycles. The Labute approximate surface area is 487 Å². The van der Waals surface area contributed by atoms with E-state index in [1.165, 1.54) is 148 Å². The van der Waals surface area contributed by atoms with E-state index in [1.54, 1.807) is 91.0 Å². The number of aliphatic hydroxyl groups is 2. The molecule has 0 unspecified atom stereocenters. The molecule has 4 rings (SSSR count). The summed E-state index contributed by atoms with van der Waals surface area (Å²) >= 11 is 0. The number of nitrogens with one attached hydrogen (secondary N) is 1. The fourth-order valence-electron chi connectivity index (χ4n) is 10.3. The first-order chi connectivity index (χ1) is 39.7. The minimum atomic E-state index is -1.64. The fraction of sp³-hybridized carbons (Fsp3) is 0.623. The Morgan fingerprint density at radius 3 is 1.32 bits per heavy atom. The number of rotatable bonds is 46. The van der Waals surface area contributed by atoms with Crippen LogP contribution in [-0.4, -0.2) is 90.1 Å². The first-order valence-corrected chi connectivity index (χ1v) is 31.7. The lowest BCUT2D eigenvalue weighted by Gasteiger charge is -2.43. The van der Waals surface area contributed by atoms with Gasteiger partial charge in [0.1, 0.15) is 18.3 Å². The van der Waals surface area contributed by atoms with Crippen molar-refractivity contribution in [3.63, 3.8) is 0 Å². The van der Waals surface area contributed by atoms with Gasteiger partial charge in [-0.2, -0.15) is 0 Å². The van der Waals surface area contributed by atoms with E-state index in [-0.39, 0.29) is 30.1 Å². The molecule has 0 aliphatic carbocycles. The number of hydrogen-bond acceptors (Lipinski definition) is 11. The van der Waals surface area contributed by atoms with Crippen LogP contribution in [0.3, 0.4) is 0 Å². The van der Waals surface area contributed by atoms with Gasteiger partial charge in [0.25, 0.3) is 0 Å². The van der Waals surface area contributed by atoms with E-state index in [9.17, 15) is 29.4 Å². The second kappa shape index (κ2) is 44.4. The van der Waals surface area contributed by atoms with Gasteiger partial charge in [0.2, 0.25) is 5.91 Å². The van der Waals surface area contributed by atoms with Gasteiger partial charge in [-0.1, -0.05) is 241 Å². The summed E-state index contributed by atoms with van der Waals surface area (Å²) in [6.07, 6.45) is 37.2. The van der Waals surface area contributed by atoms with Gasteiger partial charge in [-0.25, -0.2) is 14.4 Å². The van der Waals surface area contributed by atoms with Crippen LogP contribution in [0.1, 0.15) is 250 Å². The van der Waals surface area contributed by atoms with Crippen molar-refractivity contribution < 1.29 is 53.1 Å². The zero-order valence-electron chi connectivity index (χ0n) is 49.6. The molecule has 0 spiro atoms. The predicted octanol–water partition coefficient (Wildman–Crippen LogP) is 15.9. The molecule has 3 aromatic carbocycles. The van der Waals surface area contributed by atoms with Gasteiger partial charge >= 0.3 is 17.9 Å². The number of ether oxygens (including phenoxy) is 5. The lowest BCUT2D eigenvalue weighted by atomic mass is 9.98. The van der Waals surface area contributed by atoms with Gasteiger partial charge in [0.15, 0.2) is 18.5 Å². The maximum Gasteiger partial charge on any atom is 0.338 e. The summed E-state index contributed by atoms with van der Waals surface area (Å²) in [7, 11) is 0. The number of benzene rings is 3. The van der Waals surface area contributed by atoms with Crippen molar-refractivity contribution in [2.24, 2.45) is 0 Å². The van der Waals surface area contributed by atoms with Crippen LogP contribution in [0.15, 0.2) is 115 Å². The summed E-state index contributed by atoms with van der Waals surface area (Å²) in [5.74, 6) is -2.47. The lowest BCUT2D eigenvalue weighted by Crippen LogP contribution is -2.62. The first-order valence-electron chi connectivity index (χ1n) is 31.7. The maximum atomic E-state index is 14.0. The maximum absolute atomic E-state index is 14.0. The third kappa shape index (κ3) is 29.6. The number of aliphatic hydroxyl groups excluding tert-OH is 2. The van der Waals surface area contributed by atoms with Crippen molar-refractivity contribution in [3.8, 4) is 0 Å². The molecule has 1 aliphatic rings. The molecule has 450 valence electrons. The summed E-state index contributed by atoms with van der Waals surface area (Å²) in [6.45, 7) is 3.47. The Morgan fingerprint density at radius 1 is 0.506 bits per heavy atom. The highest BCUT2D eigenvalue weighted by Gasteiger charge is 2.51. The fourth-order valence-corrected chi connectivity index (χ4v) is 10.3. The highest BCUT2D eigenvalue weighted by Crippen LogP contribution is 2.29. The summed E-state index contributed by atoms with van der Waals surface area (Å²) in [6, 6.07) is 24.0. The van der Waals surface area contributed by atoms with Crippen LogP contribution in [0.2, 0.25) is 0 Å². The van der Waals surface area contributed by atoms with E-state index >= 15 is 0 Å². The molecule has 1 amide bonds. The second-order valence-corrected chi connectivity index (χ2v) is 22.1. The number of carbonyl (C=O) groups is 4. The number of unbranched alkanes of at least 4 members (excludes halogenated alkanes) is 28. The summed E-state index contributed by atoms with van der Waals surface area (Å²) in [5.41, 5.74) is 0.695. The normalized spacial score (nSPS) is 18.0. The molecule has 1 fully saturated rings. The van der Waals surface area contributed by atoms with Crippen molar-refractivity contribution in [2.45, 2.75) is 262 Å². The largest absolute Gasteiger partial charge is 0.452 e. The standard InChI is InChI=1S/C69H103NO11/c1-3-5-7-9-11-13-15-17-18-19-20-21-22-23-24-26-28-30-32-34-45-53-62(72)70-59(60(78-66(74)56-46-38-35-39-47-56)52-44-33-31-29-27-25-16-14-12-10-8-6-4-2)55-77-69-65(81-68(76)58-50-42-37-43-51-58)64(63(73)61(54-71)79-69)80-67(75)57-48-40-36-41-49-57/h17-18,35-44,46-52,59-61,63-65,69,71,73H,3-16,19-34,45,53-55H2,1-2H3,(H,70,72)/b18-17-,52-44+/t59-,60+,61+,63+,64-,65+,69+/m0/s1. The molecule has 0 radical (unpaired) electrons. The topological polar surface area (TPSA) is 167 Å². The second-order valence-electron chi connectivity index (χ2n) is 22.1. The quantitative estimate of drug-likeness (QED) is 0.0213. The number of allylic oxidation sites excluding steroid dienone is 3. The molecule has 7 atom stereocenters. The predicted molar refractivity (Wildman–Crippen MR) is 324 cm³/mol. The molecule has 12 heteroatoms. The molecule has 12 nitrogen and oxygen atoms in total. The van der Waals surface area contributed by atoms with Gasteiger partial charge in [-0.3, -0.25) is 4.79 Å². The number of amides is 1. The van der Waals surface area contributed by atoms with Crippen LogP contribution in [0.25, 0.3) is 0 Å². The summed E-state index contributed by atoms with van der Waals surface area (Å²) in [4.78, 5) is 55.2. The monoisotopic (exact) mass is 1120 g/mol. The third-order valence-corrected chi connectivity index (χ3v) is 15.2. The Balaban J connectivity index is 1.41. The average Bonchev–Trinajstić information content (AvgIpc) is 3.67. The molecule has 3 N–H and O–H groups in total. The average molecular weight is 1120 g/mol. The molecule has 1 heterocycles. The summed E-state index contributed by atoms with van der Waals surface area (Å²) < 4.78 is 30.7. The van der Waals surface area contributed by atoms with Gasteiger partial charge in [0.05, 0.1) is 35.9 Å². The van der Waals surface area contributed by atoms with Gasteiger partial charge in [-0.05, 0) is 87.4 Å². The Kier molecular flexibility index (Phi) is 37.5. The van der Waals surface area contributed by atoms with Crippen molar-refractivity contribution in [2.75, 3.05) is 13.2 Å². The number of carbonyl (C=O) groups excluding carboxylic acids is 4.